The van der Waals surface area contributed by atoms with Gasteiger partial charge >= 0.3 is 0 Å². The molecule has 2 rings (SSSR count). The van der Waals surface area contributed by atoms with Gasteiger partial charge in [0.15, 0.2) is 0 Å². The molecule has 0 aliphatic carbocycles. The average Bonchev–Trinajstić information content (AvgIpc) is 2.63. The molecule has 0 aliphatic heterocycles. The van der Waals surface area contributed by atoms with Crippen LogP contribution < -0.4 is 0 Å². The molecule has 0 amide bonds. The highest BCUT2D eigenvalue weighted by Crippen LogP contribution is 2.22. The summed E-state index contributed by atoms with van der Waals surface area (Å²) in [5.41, 5.74) is 2.05. The molecule has 0 fully saturated rings. The van der Waals surface area contributed by atoms with E-state index in [0.717, 1.165) is 36.2 Å². The van der Waals surface area contributed by atoms with Crippen molar-refractivity contribution in [1.29, 1.82) is 0 Å². The Morgan fingerprint density at radius 2 is 2.19 bits per heavy atom. The second-order valence-corrected chi connectivity index (χ2v) is 4.50. The monoisotopic (exact) mass is 256 g/mol. The molecule has 0 unspecified atom stereocenters. The molecule has 0 saturated carbocycles. The Morgan fingerprint density at radius 1 is 1.38 bits per heavy atom. The van der Waals surface area contributed by atoms with Crippen molar-refractivity contribution in [3.63, 3.8) is 0 Å². The van der Waals surface area contributed by atoms with E-state index < -0.39 is 0 Å². The molecule has 4 heteroatoms. The van der Waals surface area contributed by atoms with Crippen LogP contribution in [0.4, 0.5) is 0 Å². The van der Waals surface area contributed by atoms with Gasteiger partial charge in [0.2, 0.25) is 0 Å². The van der Waals surface area contributed by atoms with E-state index in [1.165, 1.54) is 0 Å². The summed E-state index contributed by atoms with van der Waals surface area (Å²) in [5.74, 6) is 1.36. The molecule has 1 aromatic heterocycles. The number of fused-ring (bicyclic) bond motifs is 1. The van der Waals surface area contributed by atoms with Crippen LogP contribution in [0.15, 0.2) is 18.2 Å². The summed E-state index contributed by atoms with van der Waals surface area (Å²) in [6, 6.07) is 5.79. The Balaban J connectivity index is 2.50. The first-order valence-electron chi connectivity index (χ1n) is 5.47. The van der Waals surface area contributed by atoms with Gasteiger partial charge in [-0.1, -0.05) is 24.9 Å². The molecule has 0 aliphatic rings. The number of aromatic nitrogens is 2. The van der Waals surface area contributed by atoms with E-state index >= 15 is 0 Å². The van der Waals surface area contributed by atoms with Crippen LogP contribution in [0, 0.1) is 0 Å². The van der Waals surface area contributed by atoms with Gasteiger partial charge in [0.05, 0.1) is 16.9 Å². The summed E-state index contributed by atoms with van der Waals surface area (Å²) in [7, 11) is 0. The molecule has 16 heavy (non-hydrogen) atoms. The Bertz CT molecular complexity index is 491. The van der Waals surface area contributed by atoms with Crippen molar-refractivity contribution in [2.75, 3.05) is 0 Å². The summed E-state index contributed by atoms with van der Waals surface area (Å²) in [6.07, 6.45) is 2.30. The van der Waals surface area contributed by atoms with Crippen molar-refractivity contribution in [2.45, 2.75) is 32.2 Å². The van der Waals surface area contributed by atoms with Crippen LogP contribution >= 0.6 is 23.2 Å². The minimum atomic E-state index is 0.440. The number of nitrogens with zero attached hydrogens (tertiary/aromatic N) is 2. The third-order valence-electron chi connectivity index (χ3n) is 2.64. The van der Waals surface area contributed by atoms with Gasteiger partial charge in [-0.3, -0.25) is 0 Å². The summed E-state index contributed by atoms with van der Waals surface area (Å²) in [5, 5.41) is 0.716. The number of rotatable bonds is 4. The maximum atomic E-state index is 5.95. The lowest BCUT2D eigenvalue weighted by atomic mass is 10.3. The minimum Gasteiger partial charge on any atom is -0.327 e. The quantitative estimate of drug-likeness (QED) is 0.749. The lowest BCUT2D eigenvalue weighted by molar-refractivity contribution is 0.628. The Morgan fingerprint density at radius 3 is 2.88 bits per heavy atom. The van der Waals surface area contributed by atoms with Gasteiger partial charge in [0.25, 0.3) is 0 Å². The number of hydrogen-bond donors (Lipinski definition) is 0. The van der Waals surface area contributed by atoms with Gasteiger partial charge in [-0.2, -0.15) is 0 Å². The van der Waals surface area contributed by atoms with E-state index in [-0.39, 0.29) is 0 Å². The second-order valence-electron chi connectivity index (χ2n) is 3.80. The first-order valence-corrected chi connectivity index (χ1v) is 6.38. The normalized spacial score (nSPS) is 11.2. The lowest BCUT2D eigenvalue weighted by Crippen LogP contribution is -2.01. The van der Waals surface area contributed by atoms with E-state index in [1.807, 2.05) is 18.2 Å². The SMILES string of the molecule is CCCCn1c(CCl)nc2cc(Cl)ccc21. The van der Waals surface area contributed by atoms with E-state index in [4.69, 9.17) is 23.2 Å². The van der Waals surface area contributed by atoms with Crippen LogP contribution in [0.2, 0.25) is 5.02 Å². The number of aryl methyl sites for hydroxylation is 1. The summed E-state index contributed by atoms with van der Waals surface area (Å²) < 4.78 is 2.18. The molecule has 0 bridgehead atoms. The molecule has 2 nitrogen and oxygen atoms in total. The van der Waals surface area contributed by atoms with Crippen molar-refractivity contribution in [3.05, 3.63) is 29.0 Å². The molecule has 0 saturated heterocycles. The molecule has 0 N–H and O–H groups in total. The molecule has 86 valence electrons. The highest BCUT2D eigenvalue weighted by molar-refractivity contribution is 6.31. The van der Waals surface area contributed by atoms with Gasteiger partial charge in [-0.25, -0.2) is 4.98 Å². The first-order chi connectivity index (χ1) is 7.76. The van der Waals surface area contributed by atoms with Crippen molar-refractivity contribution < 1.29 is 0 Å². The number of benzene rings is 1. The Labute approximate surface area is 105 Å². The summed E-state index contributed by atoms with van der Waals surface area (Å²) in [4.78, 5) is 4.49. The van der Waals surface area contributed by atoms with Crippen molar-refractivity contribution in [3.8, 4) is 0 Å². The number of alkyl halides is 1. The van der Waals surface area contributed by atoms with E-state index in [9.17, 15) is 0 Å². The molecule has 2 aromatic rings. The average molecular weight is 257 g/mol. The predicted molar refractivity (Wildman–Crippen MR) is 69.2 cm³/mol. The highest BCUT2D eigenvalue weighted by atomic mass is 35.5. The molecule has 1 aromatic carbocycles. The molecule has 1 heterocycles. The number of halogens is 2. The van der Waals surface area contributed by atoms with Gasteiger partial charge < -0.3 is 4.57 Å². The highest BCUT2D eigenvalue weighted by Gasteiger charge is 2.09. The zero-order valence-corrected chi connectivity index (χ0v) is 10.7. The smallest absolute Gasteiger partial charge is 0.124 e. The number of imidazole rings is 1. The predicted octanol–water partition coefficient (Wildman–Crippen LogP) is 4.23. The van der Waals surface area contributed by atoms with Crippen LogP contribution in [-0.2, 0) is 12.4 Å². The van der Waals surface area contributed by atoms with Crippen molar-refractivity contribution >= 4 is 34.2 Å². The lowest BCUT2D eigenvalue weighted by Gasteiger charge is -2.06. The molecule has 0 radical (unpaired) electrons. The fourth-order valence-electron chi connectivity index (χ4n) is 1.82. The maximum Gasteiger partial charge on any atom is 0.124 e. The van der Waals surface area contributed by atoms with Crippen LogP contribution in [0.5, 0.6) is 0 Å². The Kier molecular flexibility index (Phi) is 3.72. The fourth-order valence-corrected chi connectivity index (χ4v) is 2.19. The molecular weight excluding hydrogens is 243 g/mol. The summed E-state index contributed by atoms with van der Waals surface area (Å²) in [6.45, 7) is 3.15. The largest absolute Gasteiger partial charge is 0.327 e. The third kappa shape index (κ3) is 2.18. The Hall–Kier alpha value is -0.730. The third-order valence-corrected chi connectivity index (χ3v) is 3.12. The standard InChI is InChI=1S/C12H14Cl2N2/c1-2-3-6-16-11-5-4-9(14)7-10(11)15-12(16)8-13/h4-5,7H,2-3,6,8H2,1H3. The minimum absolute atomic E-state index is 0.440. The second kappa shape index (κ2) is 5.07. The van der Waals surface area contributed by atoms with E-state index in [0.29, 0.717) is 10.9 Å². The van der Waals surface area contributed by atoms with Gasteiger partial charge in [0.1, 0.15) is 5.82 Å². The van der Waals surface area contributed by atoms with Crippen molar-refractivity contribution in [1.82, 2.24) is 9.55 Å². The maximum absolute atomic E-state index is 5.95. The zero-order chi connectivity index (χ0) is 11.5. The molecule has 0 atom stereocenters. The van der Waals surface area contributed by atoms with Crippen LogP contribution in [0.1, 0.15) is 25.6 Å². The van der Waals surface area contributed by atoms with E-state index in [2.05, 4.69) is 16.5 Å². The van der Waals surface area contributed by atoms with Gasteiger partial charge in [-0.15, -0.1) is 11.6 Å². The molecule has 0 spiro atoms. The number of hydrogen-bond acceptors (Lipinski definition) is 1. The van der Waals surface area contributed by atoms with Crippen LogP contribution in [0.3, 0.4) is 0 Å². The van der Waals surface area contributed by atoms with Crippen LogP contribution in [0.25, 0.3) is 11.0 Å². The summed E-state index contributed by atoms with van der Waals surface area (Å²) >= 11 is 11.9. The van der Waals surface area contributed by atoms with Crippen molar-refractivity contribution in [2.24, 2.45) is 0 Å². The van der Waals surface area contributed by atoms with Gasteiger partial charge in [0, 0.05) is 11.6 Å². The zero-order valence-electron chi connectivity index (χ0n) is 9.21. The topological polar surface area (TPSA) is 17.8 Å². The van der Waals surface area contributed by atoms with Crippen LogP contribution in [-0.4, -0.2) is 9.55 Å². The fraction of sp³-hybridized carbons (Fsp3) is 0.417. The number of unbranched alkanes of at least 4 members (excludes halogenated alkanes) is 1. The first kappa shape index (κ1) is 11.7. The van der Waals surface area contributed by atoms with E-state index in [1.54, 1.807) is 0 Å². The molecular formula is C12H14Cl2N2. The van der Waals surface area contributed by atoms with Gasteiger partial charge in [-0.05, 0) is 24.6 Å².